The van der Waals surface area contributed by atoms with Crippen LogP contribution in [0.4, 0.5) is 0 Å². The van der Waals surface area contributed by atoms with Crippen LogP contribution >= 0.6 is 0 Å². The minimum atomic E-state index is -0.0227. The summed E-state index contributed by atoms with van der Waals surface area (Å²) in [5, 5.41) is 3.81. The second-order valence-corrected chi connectivity index (χ2v) is 6.18. The molecule has 0 atom stereocenters. The molecule has 0 spiro atoms. The zero-order valence-electron chi connectivity index (χ0n) is 12.7. The minimum Gasteiger partial charge on any atom is -0.361 e. The fourth-order valence-corrected chi connectivity index (χ4v) is 3.31. The molecule has 1 amide bonds. The summed E-state index contributed by atoms with van der Waals surface area (Å²) in [6.07, 6.45) is 1.10. The van der Waals surface area contributed by atoms with Gasteiger partial charge in [0, 0.05) is 38.3 Å². The summed E-state index contributed by atoms with van der Waals surface area (Å²) >= 11 is 0. The van der Waals surface area contributed by atoms with Crippen LogP contribution in [0.2, 0.25) is 0 Å². The molecule has 114 valence electrons. The van der Waals surface area contributed by atoms with E-state index in [2.05, 4.69) is 34.3 Å². The Labute approximate surface area is 129 Å². The third-order valence-electron chi connectivity index (χ3n) is 4.67. The Morgan fingerprint density at radius 1 is 1.27 bits per heavy atom. The highest BCUT2D eigenvalue weighted by Crippen LogP contribution is 2.25. The third kappa shape index (κ3) is 2.31. The van der Waals surface area contributed by atoms with Gasteiger partial charge in [-0.25, -0.2) is 0 Å². The molecule has 2 aliphatic heterocycles. The van der Waals surface area contributed by atoms with Crippen molar-refractivity contribution in [3.05, 3.63) is 52.9 Å². The molecule has 4 rings (SSSR count). The molecule has 0 saturated carbocycles. The molecule has 1 aromatic heterocycles. The van der Waals surface area contributed by atoms with Crippen LogP contribution in [-0.4, -0.2) is 46.5 Å². The fourth-order valence-electron chi connectivity index (χ4n) is 3.31. The van der Waals surface area contributed by atoms with Gasteiger partial charge in [0.2, 0.25) is 0 Å². The Bertz CT molecular complexity index is 703. The molecule has 5 nitrogen and oxygen atoms in total. The maximum Gasteiger partial charge on any atom is 0.276 e. The Morgan fingerprint density at radius 3 is 2.77 bits per heavy atom. The van der Waals surface area contributed by atoms with E-state index >= 15 is 0 Å². The number of fused-ring (bicyclic) bond motifs is 1. The lowest BCUT2D eigenvalue weighted by Crippen LogP contribution is -2.61. The third-order valence-corrected chi connectivity index (χ3v) is 4.67. The Hall–Kier alpha value is -2.14. The molecule has 2 aromatic rings. The summed E-state index contributed by atoms with van der Waals surface area (Å²) in [6.45, 7) is 5.44. The van der Waals surface area contributed by atoms with Crippen molar-refractivity contribution in [3.8, 4) is 0 Å². The number of rotatable bonds is 2. The van der Waals surface area contributed by atoms with Gasteiger partial charge in [0.1, 0.15) is 5.76 Å². The number of aromatic nitrogens is 1. The van der Waals surface area contributed by atoms with E-state index in [9.17, 15) is 4.79 Å². The standard InChI is InChI=1S/C17H19N3O2/c1-12-8-16(18-22-12)17(21)20-10-15(11-20)19-7-6-13-4-2-3-5-14(13)9-19/h2-5,8,15H,6-7,9-11H2,1H3. The van der Waals surface area contributed by atoms with Crippen molar-refractivity contribution in [3.63, 3.8) is 0 Å². The summed E-state index contributed by atoms with van der Waals surface area (Å²) in [4.78, 5) is 16.6. The molecule has 22 heavy (non-hydrogen) atoms. The number of carbonyl (C=O) groups excluding carboxylic acids is 1. The molecule has 1 fully saturated rings. The number of benzene rings is 1. The van der Waals surface area contributed by atoms with Gasteiger partial charge in [0.25, 0.3) is 5.91 Å². The van der Waals surface area contributed by atoms with Gasteiger partial charge in [-0.3, -0.25) is 9.69 Å². The number of hydrogen-bond acceptors (Lipinski definition) is 4. The lowest BCUT2D eigenvalue weighted by atomic mass is 9.96. The van der Waals surface area contributed by atoms with Crippen molar-refractivity contribution in [1.82, 2.24) is 15.0 Å². The smallest absolute Gasteiger partial charge is 0.276 e. The second kappa shape index (κ2) is 5.25. The number of hydrogen-bond donors (Lipinski definition) is 0. The van der Waals surface area contributed by atoms with Crippen LogP contribution in [0.25, 0.3) is 0 Å². The van der Waals surface area contributed by atoms with Crippen LogP contribution < -0.4 is 0 Å². The lowest BCUT2D eigenvalue weighted by Gasteiger charge is -2.46. The molecule has 2 aliphatic rings. The Balaban J connectivity index is 1.37. The average molecular weight is 297 g/mol. The van der Waals surface area contributed by atoms with E-state index < -0.39 is 0 Å². The Kier molecular flexibility index (Phi) is 3.22. The maximum absolute atomic E-state index is 12.3. The van der Waals surface area contributed by atoms with Gasteiger partial charge in [-0.1, -0.05) is 29.4 Å². The predicted octanol–water partition coefficient (Wildman–Crippen LogP) is 1.87. The van der Waals surface area contributed by atoms with Crippen molar-refractivity contribution in [2.75, 3.05) is 19.6 Å². The summed E-state index contributed by atoms with van der Waals surface area (Å²) < 4.78 is 4.98. The average Bonchev–Trinajstić information content (AvgIpc) is 2.92. The van der Waals surface area contributed by atoms with E-state index in [1.54, 1.807) is 13.0 Å². The first kappa shape index (κ1) is 13.5. The Morgan fingerprint density at radius 2 is 2.05 bits per heavy atom. The van der Waals surface area contributed by atoms with Crippen LogP contribution in [0.1, 0.15) is 27.4 Å². The topological polar surface area (TPSA) is 49.6 Å². The van der Waals surface area contributed by atoms with Crippen LogP contribution in [0.3, 0.4) is 0 Å². The monoisotopic (exact) mass is 297 g/mol. The zero-order chi connectivity index (χ0) is 15.1. The normalized spacial score (nSPS) is 18.9. The highest BCUT2D eigenvalue weighted by Gasteiger charge is 2.37. The molecule has 0 N–H and O–H groups in total. The van der Waals surface area contributed by atoms with Gasteiger partial charge in [0.05, 0.1) is 0 Å². The number of amides is 1. The molecule has 0 unspecified atom stereocenters. The van der Waals surface area contributed by atoms with E-state index in [1.165, 1.54) is 11.1 Å². The van der Waals surface area contributed by atoms with Crippen LogP contribution in [0.5, 0.6) is 0 Å². The molecule has 3 heterocycles. The first-order chi connectivity index (χ1) is 10.7. The summed E-state index contributed by atoms with van der Waals surface area (Å²) in [5.74, 6) is 0.651. The largest absolute Gasteiger partial charge is 0.361 e. The maximum atomic E-state index is 12.3. The van der Waals surface area contributed by atoms with Crippen molar-refractivity contribution in [2.24, 2.45) is 0 Å². The highest BCUT2D eigenvalue weighted by atomic mass is 16.5. The summed E-state index contributed by atoms with van der Waals surface area (Å²) in [5.41, 5.74) is 3.30. The molecule has 5 heteroatoms. The SMILES string of the molecule is Cc1cc(C(=O)N2CC(N3CCc4ccccc4C3)C2)no1. The van der Waals surface area contributed by atoms with E-state index in [0.29, 0.717) is 17.5 Å². The van der Waals surface area contributed by atoms with Crippen LogP contribution in [-0.2, 0) is 13.0 Å². The van der Waals surface area contributed by atoms with Crippen LogP contribution in [0, 0.1) is 6.92 Å². The molecular weight excluding hydrogens is 278 g/mol. The predicted molar refractivity (Wildman–Crippen MR) is 81.5 cm³/mol. The summed E-state index contributed by atoms with van der Waals surface area (Å²) in [6, 6.07) is 10.8. The van der Waals surface area contributed by atoms with E-state index in [0.717, 1.165) is 32.6 Å². The zero-order valence-corrected chi connectivity index (χ0v) is 12.7. The molecule has 1 aromatic carbocycles. The van der Waals surface area contributed by atoms with Crippen molar-refractivity contribution < 1.29 is 9.32 Å². The quantitative estimate of drug-likeness (QED) is 0.849. The number of likely N-dealkylation sites (tertiary alicyclic amines) is 1. The summed E-state index contributed by atoms with van der Waals surface area (Å²) in [7, 11) is 0. The van der Waals surface area contributed by atoms with Gasteiger partial charge in [-0.2, -0.15) is 0 Å². The lowest BCUT2D eigenvalue weighted by molar-refractivity contribution is 0.0211. The molecule has 1 saturated heterocycles. The molecule has 0 aliphatic carbocycles. The van der Waals surface area contributed by atoms with Crippen molar-refractivity contribution >= 4 is 5.91 Å². The van der Waals surface area contributed by atoms with Gasteiger partial charge in [0.15, 0.2) is 5.69 Å². The molecule has 0 bridgehead atoms. The number of aryl methyl sites for hydroxylation is 1. The second-order valence-electron chi connectivity index (χ2n) is 6.18. The fraction of sp³-hybridized carbons (Fsp3) is 0.412. The first-order valence-electron chi connectivity index (χ1n) is 7.74. The minimum absolute atomic E-state index is 0.0227. The number of nitrogens with zero attached hydrogens (tertiary/aromatic N) is 3. The number of carbonyl (C=O) groups is 1. The van der Waals surface area contributed by atoms with E-state index in [1.807, 2.05) is 4.90 Å². The van der Waals surface area contributed by atoms with Crippen molar-refractivity contribution in [1.29, 1.82) is 0 Å². The van der Waals surface area contributed by atoms with Gasteiger partial charge < -0.3 is 9.42 Å². The van der Waals surface area contributed by atoms with Gasteiger partial charge in [-0.05, 0) is 24.5 Å². The molecule has 0 radical (unpaired) electrons. The van der Waals surface area contributed by atoms with E-state index in [-0.39, 0.29) is 5.91 Å². The highest BCUT2D eigenvalue weighted by molar-refractivity contribution is 5.92. The van der Waals surface area contributed by atoms with Crippen molar-refractivity contribution in [2.45, 2.75) is 25.9 Å². The van der Waals surface area contributed by atoms with Crippen LogP contribution in [0.15, 0.2) is 34.9 Å². The molecular formula is C17H19N3O2. The first-order valence-corrected chi connectivity index (χ1v) is 7.74. The van der Waals surface area contributed by atoms with Gasteiger partial charge >= 0.3 is 0 Å². The van der Waals surface area contributed by atoms with Gasteiger partial charge in [-0.15, -0.1) is 0 Å². The van der Waals surface area contributed by atoms with E-state index in [4.69, 9.17) is 4.52 Å².